The van der Waals surface area contributed by atoms with Crippen LogP contribution in [0.5, 0.6) is 0 Å². The largest absolute Gasteiger partial charge is 0.310 e. The quantitative estimate of drug-likeness (QED) is 0.866. The summed E-state index contributed by atoms with van der Waals surface area (Å²) in [5.74, 6) is 0. The first kappa shape index (κ1) is 11.4. The van der Waals surface area contributed by atoms with E-state index < -0.39 is 0 Å². The van der Waals surface area contributed by atoms with Crippen molar-refractivity contribution in [1.29, 1.82) is 0 Å². The van der Waals surface area contributed by atoms with E-state index in [2.05, 4.69) is 47.6 Å². The van der Waals surface area contributed by atoms with Gasteiger partial charge in [-0.15, -0.1) is 0 Å². The first-order valence-corrected chi connectivity index (χ1v) is 6.60. The van der Waals surface area contributed by atoms with E-state index in [1.54, 1.807) is 0 Å². The summed E-state index contributed by atoms with van der Waals surface area (Å²) in [6, 6.07) is 13.2. The van der Waals surface area contributed by atoms with Crippen LogP contribution in [0.3, 0.4) is 0 Å². The third-order valence-electron chi connectivity index (χ3n) is 3.66. The van der Waals surface area contributed by atoms with Crippen LogP contribution >= 0.6 is 0 Å². The summed E-state index contributed by atoms with van der Waals surface area (Å²) in [5.41, 5.74) is 5.01. The molecule has 0 radical (unpaired) electrons. The highest BCUT2D eigenvalue weighted by molar-refractivity contribution is 5.67. The molecule has 1 aromatic carbocycles. The fraction of sp³-hybridized carbons (Fsp3) is 0.312. The SMILES string of the molecule is Cc1cccnc1-c1ccccc1C1CCCN1. The Bertz CT molecular complexity index is 542. The van der Waals surface area contributed by atoms with Crippen molar-refractivity contribution < 1.29 is 0 Å². The normalized spacial score (nSPS) is 19.1. The zero-order chi connectivity index (χ0) is 12.4. The van der Waals surface area contributed by atoms with Gasteiger partial charge in [0.05, 0.1) is 5.69 Å². The Morgan fingerprint density at radius 1 is 1.17 bits per heavy atom. The highest BCUT2D eigenvalue weighted by Gasteiger charge is 2.20. The van der Waals surface area contributed by atoms with Crippen LogP contribution in [-0.2, 0) is 0 Å². The molecule has 1 aromatic heterocycles. The van der Waals surface area contributed by atoms with Gasteiger partial charge in [0.1, 0.15) is 0 Å². The Balaban J connectivity index is 2.09. The minimum atomic E-state index is 0.489. The van der Waals surface area contributed by atoms with E-state index in [-0.39, 0.29) is 0 Å². The maximum absolute atomic E-state index is 4.55. The predicted molar refractivity (Wildman–Crippen MR) is 74.4 cm³/mol. The minimum absolute atomic E-state index is 0.489. The lowest BCUT2D eigenvalue weighted by Crippen LogP contribution is -2.14. The van der Waals surface area contributed by atoms with Crippen molar-refractivity contribution in [3.05, 3.63) is 53.7 Å². The molecule has 2 heteroatoms. The van der Waals surface area contributed by atoms with Gasteiger partial charge in [-0.1, -0.05) is 30.3 Å². The summed E-state index contributed by atoms with van der Waals surface area (Å²) in [7, 11) is 0. The zero-order valence-corrected chi connectivity index (χ0v) is 10.7. The Labute approximate surface area is 108 Å². The number of aromatic nitrogens is 1. The van der Waals surface area contributed by atoms with Crippen LogP contribution in [0.1, 0.15) is 30.0 Å². The lowest BCUT2D eigenvalue weighted by atomic mass is 9.95. The van der Waals surface area contributed by atoms with Gasteiger partial charge in [-0.05, 0) is 43.5 Å². The summed E-state index contributed by atoms with van der Waals surface area (Å²) in [5, 5.41) is 3.57. The highest BCUT2D eigenvalue weighted by Crippen LogP contribution is 2.32. The number of nitrogens with zero attached hydrogens (tertiary/aromatic N) is 1. The van der Waals surface area contributed by atoms with Crippen LogP contribution in [0.4, 0.5) is 0 Å². The van der Waals surface area contributed by atoms with Crippen LogP contribution in [0.25, 0.3) is 11.3 Å². The summed E-state index contributed by atoms with van der Waals surface area (Å²) >= 11 is 0. The summed E-state index contributed by atoms with van der Waals surface area (Å²) in [4.78, 5) is 4.55. The Hall–Kier alpha value is -1.67. The molecule has 0 spiro atoms. The van der Waals surface area contributed by atoms with Crippen LogP contribution in [-0.4, -0.2) is 11.5 Å². The van der Waals surface area contributed by atoms with Gasteiger partial charge >= 0.3 is 0 Å². The number of hydrogen-bond acceptors (Lipinski definition) is 2. The number of rotatable bonds is 2. The molecule has 2 aromatic rings. The molecule has 92 valence electrons. The number of aryl methyl sites for hydroxylation is 1. The highest BCUT2D eigenvalue weighted by atomic mass is 14.9. The zero-order valence-electron chi connectivity index (χ0n) is 10.7. The second-order valence-corrected chi connectivity index (χ2v) is 4.91. The van der Waals surface area contributed by atoms with Crippen molar-refractivity contribution in [1.82, 2.24) is 10.3 Å². The Morgan fingerprint density at radius 3 is 2.83 bits per heavy atom. The lowest BCUT2D eigenvalue weighted by molar-refractivity contribution is 0.649. The van der Waals surface area contributed by atoms with Gasteiger partial charge in [-0.25, -0.2) is 0 Å². The number of hydrogen-bond donors (Lipinski definition) is 1. The van der Waals surface area contributed by atoms with Crippen molar-refractivity contribution in [2.75, 3.05) is 6.54 Å². The molecule has 2 heterocycles. The first-order valence-electron chi connectivity index (χ1n) is 6.60. The third-order valence-corrected chi connectivity index (χ3v) is 3.66. The molecule has 1 aliphatic heterocycles. The van der Waals surface area contributed by atoms with Gasteiger partial charge in [0.2, 0.25) is 0 Å². The molecule has 1 N–H and O–H groups in total. The van der Waals surface area contributed by atoms with Crippen LogP contribution in [0.2, 0.25) is 0 Å². The van der Waals surface area contributed by atoms with Crippen LogP contribution in [0.15, 0.2) is 42.6 Å². The van der Waals surface area contributed by atoms with Crippen LogP contribution in [0, 0.1) is 6.92 Å². The minimum Gasteiger partial charge on any atom is -0.310 e. The van der Waals surface area contributed by atoms with Crippen molar-refractivity contribution in [2.24, 2.45) is 0 Å². The maximum Gasteiger partial charge on any atom is 0.0734 e. The molecule has 1 saturated heterocycles. The second-order valence-electron chi connectivity index (χ2n) is 4.91. The van der Waals surface area contributed by atoms with E-state index in [1.165, 1.54) is 29.5 Å². The summed E-state index contributed by atoms with van der Waals surface area (Å²) < 4.78 is 0. The average molecular weight is 238 g/mol. The smallest absolute Gasteiger partial charge is 0.0734 e. The van der Waals surface area contributed by atoms with E-state index in [9.17, 15) is 0 Å². The molecular formula is C16H18N2. The van der Waals surface area contributed by atoms with E-state index in [4.69, 9.17) is 0 Å². The van der Waals surface area contributed by atoms with E-state index in [0.717, 1.165) is 12.2 Å². The molecule has 2 nitrogen and oxygen atoms in total. The van der Waals surface area contributed by atoms with Gasteiger partial charge in [0.25, 0.3) is 0 Å². The van der Waals surface area contributed by atoms with Crippen molar-refractivity contribution in [3.63, 3.8) is 0 Å². The van der Waals surface area contributed by atoms with Gasteiger partial charge in [-0.3, -0.25) is 4.98 Å². The number of pyridine rings is 1. The summed E-state index contributed by atoms with van der Waals surface area (Å²) in [6.07, 6.45) is 4.37. The lowest BCUT2D eigenvalue weighted by Gasteiger charge is -2.16. The second kappa shape index (κ2) is 4.91. The number of nitrogens with one attached hydrogen (secondary N) is 1. The molecule has 1 fully saturated rings. The van der Waals surface area contributed by atoms with E-state index in [1.807, 2.05) is 12.3 Å². The fourth-order valence-electron chi connectivity index (χ4n) is 2.73. The Morgan fingerprint density at radius 2 is 2.06 bits per heavy atom. The topological polar surface area (TPSA) is 24.9 Å². The van der Waals surface area contributed by atoms with Crippen molar-refractivity contribution >= 4 is 0 Å². The Kier molecular flexibility index (Phi) is 3.11. The van der Waals surface area contributed by atoms with Crippen molar-refractivity contribution in [3.8, 4) is 11.3 Å². The molecule has 3 rings (SSSR count). The first-order chi connectivity index (χ1) is 8.86. The number of benzene rings is 1. The van der Waals surface area contributed by atoms with Gasteiger partial charge in [-0.2, -0.15) is 0 Å². The van der Waals surface area contributed by atoms with Crippen LogP contribution < -0.4 is 5.32 Å². The monoisotopic (exact) mass is 238 g/mol. The average Bonchev–Trinajstić information content (AvgIpc) is 2.93. The van der Waals surface area contributed by atoms with Gasteiger partial charge in [0.15, 0.2) is 0 Å². The third kappa shape index (κ3) is 2.04. The molecule has 0 bridgehead atoms. The van der Waals surface area contributed by atoms with E-state index in [0.29, 0.717) is 6.04 Å². The molecule has 18 heavy (non-hydrogen) atoms. The molecule has 1 atom stereocenters. The molecule has 1 unspecified atom stereocenters. The fourth-order valence-corrected chi connectivity index (χ4v) is 2.73. The maximum atomic E-state index is 4.55. The molecule has 0 saturated carbocycles. The molecule has 1 aliphatic rings. The van der Waals surface area contributed by atoms with Gasteiger partial charge in [0, 0.05) is 17.8 Å². The van der Waals surface area contributed by atoms with Gasteiger partial charge < -0.3 is 5.32 Å². The standard InChI is InChI=1S/C16H18N2/c1-12-6-4-11-18-16(12)14-8-3-2-7-13(14)15-9-5-10-17-15/h2-4,6-8,11,15,17H,5,9-10H2,1H3. The molecule has 0 amide bonds. The molecule has 0 aliphatic carbocycles. The molecular weight excluding hydrogens is 220 g/mol. The predicted octanol–water partition coefficient (Wildman–Crippen LogP) is 3.48. The van der Waals surface area contributed by atoms with Crippen molar-refractivity contribution in [2.45, 2.75) is 25.8 Å². The summed E-state index contributed by atoms with van der Waals surface area (Å²) in [6.45, 7) is 3.25. The van der Waals surface area contributed by atoms with E-state index >= 15 is 0 Å².